The molecule has 0 bridgehead atoms. The van der Waals surface area contributed by atoms with Gasteiger partial charge in [0.25, 0.3) is 0 Å². The summed E-state index contributed by atoms with van der Waals surface area (Å²) in [7, 11) is -5.75. The Kier molecular flexibility index (Phi) is 4.90. The van der Waals surface area contributed by atoms with E-state index in [9.17, 15) is 16.8 Å². The van der Waals surface area contributed by atoms with Gasteiger partial charge < -0.3 is 14.5 Å². The van der Waals surface area contributed by atoms with Crippen molar-refractivity contribution in [2.45, 2.75) is 22.7 Å². The Hall–Kier alpha value is -1.84. The highest BCUT2D eigenvalue weighted by molar-refractivity contribution is 7.96. The van der Waals surface area contributed by atoms with Gasteiger partial charge in [-0.05, 0) is 36.4 Å². The van der Waals surface area contributed by atoms with Crippen LogP contribution in [0, 0.1) is 0 Å². The maximum atomic E-state index is 12.9. The molecule has 2 atom stereocenters. The molecule has 1 fully saturated rings. The molecule has 3 rings (SSSR count). The van der Waals surface area contributed by atoms with Crippen LogP contribution in [0.15, 0.2) is 52.0 Å². The van der Waals surface area contributed by atoms with E-state index in [-0.39, 0.29) is 17.2 Å². The van der Waals surface area contributed by atoms with Crippen LogP contribution in [0.5, 0.6) is 5.75 Å². The largest absolute Gasteiger partial charge is 0.497 e. The lowest BCUT2D eigenvalue weighted by Gasteiger charge is -2.19. The first kappa shape index (κ1) is 18.0. The Bertz CT molecular complexity index is 918. The van der Waals surface area contributed by atoms with Gasteiger partial charge in [-0.3, -0.25) is 0 Å². The zero-order valence-electron chi connectivity index (χ0n) is 13.6. The summed E-state index contributed by atoms with van der Waals surface area (Å²) in [6.07, 6.45) is 1.51. The molecule has 0 spiro atoms. The Morgan fingerprint density at radius 3 is 2.52 bits per heavy atom. The van der Waals surface area contributed by atoms with Gasteiger partial charge in [0, 0.05) is 6.04 Å². The molecule has 9 heteroatoms. The average Bonchev–Trinajstić information content (AvgIpc) is 3.20. The smallest absolute Gasteiger partial charge is 0.183 e. The van der Waals surface area contributed by atoms with E-state index in [4.69, 9.17) is 9.15 Å². The molecule has 1 saturated heterocycles. The number of furan rings is 1. The van der Waals surface area contributed by atoms with Gasteiger partial charge in [0.15, 0.2) is 19.7 Å². The lowest BCUT2D eigenvalue weighted by atomic mass is 10.2. The van der Waals surface area contributed by atoms with Gasteiger partial charge >= 0.3 is 0 Å². The molecule has 1 aromatic carbocycles. The lowest BCUT2D eigenvalue weighted by molar-refractivity contribution is 0.414. The molecule has 25 heavy (non-hydrogen) atoms. The van der Waals surface area contributed by atoms with Crippen LogP contribution < -0.4 is 10.1 Å². The predicted octanol–water partition coefficient (Wildman–Crippen LogP) is 1.02. The van der Waals surface area contributed by atoms with Crippen LogP contribution in [-0.4, -0.2) is 46.7 Å². The Morgan fingerprint density at radius 1 is 1.20 bits per heavy atom. The molecule has 0 radical (unpaired) electrons. The zero-order valence-corrected chi connectivity index (χ0v) is 15.2. The van der Waals surface area contributed by atoms with Crippen molar-refractivity contribution in [1.29, 1.82) is 0 Å². The van der Waals surface area contributed by atoms with Crippen LogP contribution in [0.3, 0.4) is 0 Å². The highest BCUT2D eigenvalue weighted by Crippen LogP contribution is 2.27. The van der Waals surface area contributed by atoms with Crippen molar-refractivity contribution in [2.75, 3.05) is 18.6 Å². The third-order valence-corrected chi connectivity index (χ3v) is 8.37. The summed E-state index contributed by atoms with van der Waals surface area (Å²) < 4.78 is 60.2. The Balaban J connectivity index is 1.85. The number of hydrogen-bond donors (Lipinski definition) is 1. The van der Waals surface area contributed by atoms with Gasteiger partial charge in [0.1, 0.15) is 11.5 Å². The summed E-state index contributed by atoms with van der Waals surface area (Å²) >= 11 is 0. The summed E-state index contributed by atoms with van der Waals surface area (Å²) in [5.74, 6) is 0.542. The van der Waals surface area contributed by atoms with Crippen LogP contribution in [0.1, 0.15) is 5.76 Å². The van der Waals surface area contributed by atoms with Crippen molar-refractivity contribution in [1.82, 2.24) is 5.32 Å². The SMILES string of the molecule is COc1ccc(S(=O)(=O)[C@@H]2CS(=O)(=O)C[C@H]2NCc2ccco2)cc1. The number of rotatable bonds is 6. The van der Waals surface area contributed by atoms with Gasteiger partial charge in [0.2, 0.25) is 0 Å². The minimum absolute atomic E-state index is 0.0835. The topological polar surface area (TPSA) is 103 Å². The standard InChI is InChI=1S/C16H19NO6S2/c1-22-12-4-6-14(7-5-12)25(20,21)16-11-24(18,19)10-15(16)17-9-13-3-2-8-23-13/h2-8,15-17H,9-11H2,1H3/t15-,16-/m1/s1. The average molecular weight is 385 g/mol. The lowest BCUT2D eigenvalue weighted by Crippen LogP contribution is -2.42. The van der Waals surface area contributed by atoms with Crippen molar-refractivity contribution in [2.24, 2.45) is 0 Å². The van der Waals surface area contributed by atoms with E-state index < -0.39 is 36.7 Å². The number of hydrogen-bond acceptors (Lipinski definition) is 7. The molecule has 1 aliphatic rings. The summed E-state index contributed by atoms with van der Waals surface area (Å²) in [5.41, 5.74) is 0. The van der Waals surface area contributed by atoms with Crippen molar-refractivity contribution in [3.63, 3.8) is 0 Å². The molecule has 136 valence electrons. The summed E-state index contributed by atoms with van der Waals surface area (Å²) in [5, 5.41) is 1.97. The quantitative estimate of drug-likeness (QED) is 0.792. The molecule has 0 aliphatic carbocycles. The van der Waals surface area contributed by atoms with E-state index in [1.165, 1.54) is 25.5 Å². The van der Waals surface area contributed by atoms with E-state index in [1.54, 1.807) is 24.3 Å². The van der Waals surface area contributed by atoms with Gasteiger partial charge in [-0.1, -0.05) is 0 Å². The van der Waals surface area contributed by atoms with E-state index in [0.717, 1.165) is 0 Å². The number of nitrogens with one attached hydrogen (secondary N) is 1. The Morgan fingerprint density at radius 2 is 1.92 bits per heavy atom. The minimum atomic E-state index is -3.80. The van der Waals surface area contributed by atoms with E-state index in [0.29, 0.717) is 11.5 Å². The number of benzene rings is 1. The first-order chi connectivity index (χ1) is 11.8. The third-order valence-electron chi connectivity index (χ3n) is 4.21. The number of ether oxygens (including phenoxy) is 1. The molecule has 1 aromatic heterocycles. The highest BCUT2D eigenvalue weighted by atomic mass is 32.2. The normalized spacial score (nSPS) is 22.8. The van der Waals surface area contributed by atoms with Gasteiger partial charge in [-0.25, -0.2) is 16.8 Å². The Labute approximate surface area is 146 Å². The van der Waals surface area contributed by atoms with Crippen LogP contribution in [0.4, 0.5) is 0 Å². The predicted molar refractivity (Wildman–Crippen MR) is 92.0 cm³/mol. The van der Waals surface area contributed by atoms with Gasteiger partial charge in [0.05, 0.1) is 41.6 Å². The molecule has 7 nitrogen and oxygen atoms in total. The molecule has 2 heterocycles. The number of methoxy groups -OCH3 is 1. The molecular formula is C16H19NO6S2. The molecule has 0 saturated carbocycles. The van der Waals surface area contributed by atoms with E-state index >= 15 is 0 Å². The van der Waals surface area contributed by atoms with E-state index in [1.807, 2.05) is 0 Å². The first-order valence-corrected chi connectivity index (χ1v) is 11.0. The summed E-state index contributed by atoms with van der Waals surface area (Å²) in [6, 6.07) is 8.72. The monoisotopic (exact) mass is 385 g/mol. The third kappa shape index (κ3) is 3.88. The molecule has 0 amide bonds. The molecule has 1 aliphatic heterocycles. The maximum Gasteiger partial charge on any atom is 0.183 e. The fourth-order valence-electron chi connectivity index (χ4n) is 2.90. The second-order valence-corrected chi connectivity index (χ2v) is 10.2. The van der Waals surface area contributed by atoms with Crippen molar-refractivity contribution in [3.8, 4) is 5.75 Å². The second kappa shape index (κ2) is 6.81. The second-order valence-electron chi connectivity index (χ2n) is 5.90. The van der Waals surface area contributed by atoms with Crippen molar-refractivity contribution >= 4 is 19.7 Å². The molecule has 2 aromatic rings. The minimum Gasteiger partial charge on any atom is -0.497 e. The fourth-order valence-corrected chi connectivity index (χ4v) is 7.61. The van der Waals surface area contributed by atoms with Crippen LogP contribution >= 0.6 is 0 Å². The van der Waals surface area contributed by atoms with Crippen molar-refractivity contribution in [3.05, 3.63) is 48.4 Å². The fraction of sp³-hybridized carbons (Fsp3) is 0.375. The molecular weight excluding hydrogens is 366 g/mol. The van der Waals surface area contributed by atoms with Crippen LogP contribution in [0.2, 0.25) is 0 Å². The molecule has 1 N–H and O–H groups in total. The van der Waals surface area contributed by atoms with Crippen LogP contribution in [-0.2, 0) is 26.2 Å². The van der Waals surface area contributed by atoms with Gasteiger partial charge in [-0.2, -0.15) is 0 Å². The zero-order chi connectivity index (χ0) is 18.1. The highest BCUT2D eigenvalue weighted by Gasteiger charge is 2.45. The first-order valence-electron chi connectivity index (χ1n) is 7.66. The van der Waals surface area contributed by atoms with Crippen LogP contribution in [0.25, 0.3) is 0 Å². The maximum absolute atomic E-state index is 12.9. The summed E-state index contributed by atoms with van der Waals surface area (Å²) in [4.78, 5) is 0.0835. The number of sulfone groups is 2. The van der Waals surface area contributed by atoms with Gasteiger partial charge in [-0.15, -0.1) is 0 Å². The molecule has 0 unspecified atom stereocenters. The van der Waals surface area contributed by atoms with E-state index in [2.05, 4.69) is 5.32 Å². The summed E-state index contributed by atoms with van der Waals surface area (Å²) in [6.45, 7) is 0.266. The van der Waals surface area contributed by atoms with Crippen molar-refractivity contribution < 1.29 is 26.0 Å².